The maximum Gasteiger partial charge on any atom is 0.433 e. The molecule has 0 radical (unpaired) electrons. The van der Waals surface area contributed by atoms with Crippen molar-refractivity contribution >= 4 is 28.5 Å². The fraction of sp³-hybridized carbons (Fsp3) is 0.353. The zero-order chi connectivity index (χ0) is 18.5. The molecule has 1 atom stereocenters. The summed E-state index contributed by atoms with van der Waals surface area (Å²) in [4.78, 5) is 11.8. The second kappa shape index (κ2) is 6.15. The number of halogens is 3. The smallest absolute Gasteiger partial charge is 0.433 e. The van der Waals surface area contributed by atoms with Gasteiger partial charge in [-0.1, -0.05) is 11.8 Å². The molecule has 3 aromatic heterocycles. The Balaban J connectivity index is 1.62. The summed E-state index contributed by atoms with van der Waals surface area (Å²) >= 11 is 1.09. The molecule has 1 fully saturated rings. The van der Waals surface area contributed by atoms with E-state index in [0.29, 0.717) is 11.5 Å². The third-order valence-corrected chi connectivity index (χ3v) is 5.23. The van der Waals surface area contributed by atoms with Crippen molar-refractivity contribution in [2.24, 2.45) is 0 Å². The zero-order valence-corrected chi connectivity index (χ0v) is 14.6. The van der Waals surface area contributed by atoms with Crippen molar-refractivity contribution in [1.82, 2.24) is 15.0 Å². The van der Waals surface area contributed by atoms with Crippen molar-refractivity contribution in [1.29, 1.82) is 0 Å². The lowest BCUT2D eigenvalue weighted by Gasteiger charge is -2.12. The average Bonchev–Trinajstić information content (AvgIpc) is 3.32. The number of rotatable bonds is 4. The molecule has 3 heterocycles. The van der Waals surface area contributed by atoms with Crippen LogP contribution in [-0.2, 0) is 6.18 Å². The molecule has 0 aromatic carbocycles. The molecular formula is C17H15F3N4OS. The molecule has 1 aliphatic rings. The summed E-state index contributed by atoms with van der Waals surface area (Å²) in [6, 6.07) is 2.66. The molecule has 0 spiro atoms. The van der Waals surface area contributed by atoms with Crippen LogP contribution in [0.5, 0.6) is 0 Å². The second-order valence-corrected chi connectivity index (χ2v) is 7.60. The number of aromatic nitrogens is 3. The van der Waals surface area contributed by atoms with Gasteiger partial charge in [0.25, 0.3) is 0 Å². The summed E-state index contributed by atoms with van der Waals surface area (Å²) < 4.78 is 44.2. The van der Waals surface area contributed by atoms with E-state index in [4.69, 9.17) is 10.2 Å². The van der Waals surface area contributed by atoms with Crippen LogP contribution in [-0.4, -0.2) is 15.0 Å². The van der Waals surface area contributed by atoms with Crippen LogP contribution in [0.25, 0.3) is 11.0 Å². The second-order valence-electron chi connectivity index (χ2n) is 6.29. The topological polar surface area (TPSA) is 77.8 Å². The number of thioether (sulfide) groups is 1. The molecule has 5 nitrogen and oxygen atoms in total. The summed E-state index contributed by atoms with van der Waals surface area (Å²) in [5.41, 5.74) is 7.06. The first-order valence-electron chi connectivity index (χ1n) is 8.06. The third kappa shape index (κ3) is 3.35. The van der Waals surface area contributed by atoms with Crippen LogP contribution in [0.15, 0.2) is 34.2 Å². The molecule has 1 unspecified atom stereocenters. The Labute approximate surface area is 151 Å². The molecule has 0 amide bonds. The number of pyridine rings is 1. The van der Waals surface area contributed by atoms with Gasteiger partial charge in [0.05, 0.1) is 23.4 Å². The summed E-state index contributed by atoms with van der Waals surface area (Å²) in [5, 5.41) is 0.736. The molecule has 2 N–H and O–H groups in total. The van der Waals surface area contributed by atoms with Crippen LogP contribution in [0.3, 0.4) is 0 Å². The molecule has 0 aliphatic heterocycles. The highest BCUT2D eigenvalue weighted by molar-refractivity contribution is 7.99. The van der Waals surface area contributed by atoms with Crippen LogP contribution >= 0.6 is 11.8 Å². The molecule has 26 heavy (non-hydrogen) atoms. The molecule has 4 rings (SSSR count). The van der Waals surface area contributed by atoms with Gasteiger partial charge in [-0.2, -0.15) is 13.2 Å². The molecule has 0 saturated heterocycles. The molecule has 1 saturated carbocycles. The van der Waals surface area contributed by atoms with E-state index < -0.39 is 11.9 Å². The Kier molecular flexibility index (Phi) is 4.06. The lowest BCUT2D eigenvalue weighted by molar-refractivity contribution is -0.141. The lowest BCUT2D eigenvalue weighted by atomic mass is 10.1. The number of nitrogens with two attached hydrogens (primary N) is 1. The molecular weight excluding hydrogens is 365 g/mol. The Morgan fingerprint density at radius 1 is 1.27 bits per heavy atom. The lowest BCUT2D eigenvalue weighted by Crippen LogP contribution is -2.11. The third-order valence-electron chi connectivity index (χ3n) is 4.24. The summed E-state index contributed by atoms with van der Waals surface area (Å²) in [5.74, 6) is 0.317. The summed E-state index contributed by atoms with van der Waals surface area (Å²) in [6.07, 6.45) is 1.14. The Morgan fingerprint density at radius 3 is 2.73 bits per heavy atom. The van der Waals surface area contributed by atoms with E-state index in [-0.39, 0.29) is 16.2 Å². The Hall–Kier alpha value is -2.29. The van der Waals surface area contributed by atoms with E-state index >= 15 is 0 Å². The van der Waals surface area contributed by atoms with Crippen LogP contribution in [0.1, 0.15) is 47.9 Å². The van der Waals surface area contributed by atoms with Gasteiger partial charge in [-0.3, -0.25) is 4.98 Å². The van der Waals surface area contributed by atoms with Gasteiger partial charge in [-0.15, -0.1) is 0 Å². The minimum Gasteiger partial charge on any atom is -0.462 e. The standard InChI is InChI=1S/C17H15F3N4OS/c1-8(26-16-23-14(17(18,19)20)5-15(21)24-16)12-4-10-11(9-2-3-9)7-25-13(10)6-22-12/h4-9H,2-3H2,1H3,(H2,21,23,24). The molecule has 3 aromatic rings. The van der Waals surface area contributed by atoms with Gasteiger partial charge >= 0.3 is 6.18 Å². The number of nitrogen functional groups attached to an aromatic ring is 1. The van der Waals surface area contributed by atoms with E-state index in [1.165, 1.54) is 5.56 Å². The highest BCUT2D eigenvalue weighted by atomic mass is 32.2. The van der Waals surface area contributed by atoms with Gasteiger partial charge in [0.2, 0.25) is 0 Å². The van der Waals surface area contributed by atoms with Crippen LogP contribution in [0, 0.1) is 0 Å². The summed E-state index contributed by atoms with van der Waals surface area (Å²) in [6.45, 7) is 1.84. The van der Waals surface area contributed by atoms with Gasteiger partial charge in [-0.05, 0) is 31.7 Å². The molecule has 136 valence electrons. The van der Waals surface area contributed by atoms with Crippen LogP contribution in [0.2, 0.25) is 0 Å². The van der Waals surface area contributed by atoms with Gasteiger partial charge < -0.3 is 10.2 Å². The number of anilines is 1. The highest BCUT2D eigenvalue weighted by Crippen LogP contribution is 2.44. The fourth-order valence-electron chi connectivity index (χ4n) is 2.76. The number of hydrogen-bond donors (Lipinski definition) is 1. The van der Waals surface area contributed by atoms with Gasteiger partial charge in [0.15, 0.2) is 16.4 Å². The zero-order valence-electron chi connectivity index (χ0n) is 13.7. The van der Waals surface area contributed by atoms with E-state index in [2.05, 4.69) is 15.0 Å². The Morgan fingerprint density at radius 2 is 2.04 bits per heavy atom. The van der Waals surface area contributed by atoms with Crippen molar-refractivity contribution < 1.29 is 17.6 Å². The number of hydrogen-bond acceptors (Lipinski definition) is 6. The van der Waals surface area contributed by atoms with Crippen molar-refractivity contribution in [3.8, 4) is 0 Å². The van der Waals surface area contributed by atoms with Crippen molar-refractivity contribution in [3.05, 3.63) is 41.5 Å². The van der Waals surface area contributed by atoms with E-state index in [0.717, 1.165) is 41.8 Å². The molecule has 0 bridgehead atoms. The van der Waals surface area contributed by atoms with Gasteiger partial charge in [0, 0.05) is 17.0 Å². The number of nitrogens with zero attached hydrogens (tertiary/aromatic N) is 3. The molecule has 1 aliphatic carbocycles. The monoisotopic (exact) mass is 380 g/mol. The normalized spacial score (nSPS) is 16.2. The largest absolute Gasteiger partial charge is 0.462 e. The first kappa shape index (κ1) is 17.1. The summed E-state index contributed by atoms with van der Waals surface area (Å²) in [7, 11) is 0. The Bertz CT molecular complexity index is 968. The van der Waals surface area contributed by atoms with Crippen molar-refractivity contribution in [3.63, 3.8) is 0 Å². The minimum atomic E-state index is -4.57. The van der Waals surface area contributed by atoms with Gasteiger partial charge in [0.1, 0.15) is 5.82 Å². The van der Waals surface area contributed by atoms with Crippen molar-refractivity contribution in [2.75, 3.05) is 5.73 Å². The van der Waals surface area contributed by atoms with Crippen LogP contribution in [0.4, 0.5) is 19.0 Å². The predicted octanol–water partition coefficient (Wildman–Crippen LogP) is 4.95. The number of alkyl halides is 3. The maximum absolute atomic E-state index is 12.9. The fourth-order valence-corrected chi connectivity index (χ4v) is 3.64. The number of fused-ring (bicyclic) bond motifs is 1. The van der Waals surface area contributed by atoms with E-state index in [1.54, 1.807) is 12.5 Å². The minimum absolute atomic E-state index is 0.0265. The van der Waals surface area contributed by atoms with E-state index in [1.807, 2.05) is 13.0 Å². The van der Waals surface area contributed by atoms with Gasteiger partial charge in [-0.25, -0.2) is 9.97 Å². The first-order chi connectivity index (χ1) is 12.3. The predicted molar refractivity (Wildman–Crippen MR) is 91.7 cm³/mol. The first-order valence-corrected chi connectivity index (χ1v) is 8.94. The SMILES string of the molecule is CC(Sc1nc(N)cc(C(F)(F)F)n1)c1cc2c(C3CC3)coc2cn1. The quantitative estimate of drug-likeness (QED) is 0.510. The van der Waals surface area contributed by atoms with E-state index in [9.17, 15) is 13.2 Å². The maximum atomic E-state index is 12.9. The highest BCUT2D eigenvalue weighted by Gasteiger charge is 2.34. The molecule has 9 heteroatoms. The average molecular weight is 380 g/mol. The number of furan rings is 1. The van der Waals surface area contributed by atoms with Crippen molar-refractivity contribution in [2.45, 2.75) is 42.3 Å². The van der Waals surface area contributed by atoms with Crippen LogP contribution < -0.4 is 5.73 Å².